The average molecular weight is 326 g/mol. The number of nitrogens with one attached hydrogen (secondary N) is 1. The molecule has 2 heterocycles. The highest BCUT2D eigenvalue weighted by Crippen LogP contribution is 2.21. The molecule has 0 radical (unpaired) electrons. The second-order valence-corrected chi connectivity index (χ2v) is 5.43. The molecule has 1 amide bonds. The summed E-state index contributed by atoms with van der Waals surface area (Å²) in [7, 11) is 0. The zero-order valence-corrected chi connectivity index (χ0v) is 12.2. The van der Waals surface area contributed by atoms with Crippen molar-refractivity contribution in [2.24, 2.45) is 5.73 Å². The number of hydrogen-bond donors (Lipinski definition) is 4. The Hall–Kier alpha value is -2.46. The molecule has 1 aromatic rings. The number of aliphatic hydroxyl groups is 1. The summed E-state index contributed by atoms with van der Waals surface area (Å²) in [6, 6.07) is -0.634. The molecule has 23 heavy (non-hydrogen) atoms. The number of likely N-dealkylation sites (tertiary alicyclic amines) is 1. The highest BCUT2D eigenvalue weighted by atomic mass is 16.4. The fourth-order valence-corrected chi connectivity index (χ4v) is 2.50. The van der Waals surface area contributed by atoms with Gasteiger partial charge < -0.3 is 20.8 Å². The van der Waals surface area contributed by atoms with Gasteiger partial charge in [-0.1, -0.05) is 0 Å². The molecule has 0 aliphatic carbocycles. The van der Waals surface area contributed by atoms with Gasteiger partial charge in [-0.25, -0.2) is 4.79 Å². The van der Waals surface area contributed by atoms with Gasteiger partial charge in [0.15, 0.2) is 0 Å². The second kappa shape index (κ2) is 6.75. The highest BCUT2D eigenvalue weighted by Gasteiger charge is 2.35. The third kappa shape index (κ3) is 3.85. The Labute approximate surface area is 130 Å². The predicted molar refractivity (Wildman–Crippen MR) is 77.8 cm³/mol. The number of aromatic nitrogens is 2. The number of aliphatic carboxylic acids is 1. The van der Waals surface area contributed by atoms with Crippen molar-refractivity contribution in [3.05, 3.63) is 33.1 Å². The maximum Gasteiger partial charge on any atom is 0.328 e. The van der Waals surface area contributed by atoms with E-state index in [1.807, 2.05) is 0 Å². The van der Waals surface area contributed by atoms with Crippen molar-refractivity contribution in [2.45, 2.75) is 31.0 Å². The number of amides is 1. The summed E-state index contributed by atoms with van der Waals surface area (Å²) < 4.78 is 1.17. The molecule has 1 aliphatic rings. The van der Waals surface area contributed by atoms with Crippen LogP contribution in [-0.2, 0) is 9.59 Å². The molecular formula is C13H18N4O6. The zero-order valence-electron chi connectivity index (χ0n) is 12.2. The van der Waals surface area contributed by atoms with Gasteiger partial charge in [0.1, 0.15) is 6.04 Å². The number of nitrogens with zero attached hydrogens (tertiary/aromatic N) is 2. The Balaban J connectivity index is 2.03. The summed E-state index contributed by atoms with van der Waals surface area (Å²) in [6.45, 7) is 0.117. The van der Waals surface area contributed by atoms with Crippen molar-refractivity contribution in [1.29, 1.82) is 0 Å². The van der Waals surface area contributed by atoms with Crippen LogP contribution in [0.3, 0.4) is 0 Å². The number of nitrogens with two attached hydrogens (primary N) is 1. The topological polar surface area (TPSA) is 159 Å². The van der Waals surface area contributed by atoms with Crippen LogP contribution in [0.2, 0.25) is 0 Å². The molecule has 0 spiro atoms. The molecule has 0 aromatic carbocycles. The fraction of sp³-hybridized carbons (Fsp3) is 0.538. The molecule has 1 fully saturated rings. The van der Waals surface area contributed by atoms with Gasteiger partial charge in [-0.15, -0.1) is 0 Å². The lowest BCUT2D eigenvalue weighted by atomic mass is 10.1. The Morgan fingerprint density at radius 2 is 2.09 bits per heavy atom. The second-order valence-electron chi connectivity index (χ2n) is 5.43. The van der Waals surface area contributed by atoms with Crippen LogP contribution in [-0.4, -0.2) is 61.8 Å². The van der Waals surface area contributed by atoms with Crippen LogP contribution in [0.15, 0.2) is 21.9 Å². The number of carbonyl (C=O) groups is 2. The maximum atomic E-state index is 12.1. The summed E-state index contributed by atoms with van der Waals surface area (Å²) >= 11 is 0. The van der Waals surface area contributed by atoms with Crippen LogP contribution >= 0.6 is 0 Å². The van der Waals surface area contributed by atoms with Crippen LogP contribution in [0.25, 0.3) is 0 Å². The first kappa shape index (κ1) is 16.9. The molecule has 2 rings (SSSR count). The summed E-state index contributed by atoms with van der Waals surface area (Å²) in [5, 5.41) is 18.7. The number of rotatable bonds is 5. The normalized spacial score (nSPS) is 22.1. The molecule has 1 saturated heterocycles. The monoisotopic (exact) mass is 326 g/mol. The van der Waals surface area contributed by atoms with Gasteiger partial charge >= 0.3 is 11.7 Å². The molecule has 126 valence electrons. The van der Waals surface area contributed by atoms with Gasteiger partial charge in [-0.2, -0.15) is 0 Å². The average Bonchev–Trinajstić information content (AvgIpc) is 2.86. The number of carbonyl (C=O) groups excluding carboxylic acids is 1. The minimum absolute atomic E-state index is 0.00989. The van der Waals surface area contributed by atoms with Crippen molar-refractivity contribution in [3.63, 3.8) is 0 Å². The number of carboxylic acid groups (broad SMARTS) is 1. The first-order valence-corrected chi connectivity index (χ1v) is 7.05. The lowest BCUT2D eigenvalue weighted by molar-refractivity contribution is -0.139. The summed E-state index contributed by atoms with van der Waals surface area (Å²) in [5.41, 5.74) is 4.13. The molecule has 1 aliphatic heterocycles. The van der Waals surface area contributed by atoms with Crippen molar-refractivity contribution < 1.29 is 19.8 Å². The smallest absolute Gasteiger partial charge is 0.328 e. The van der Waals surface area contributed by atoms with Gasteiger partial charge in [0.05, 0.1) is 12.1 Å². The number of carboxylic acids is 1. The Morgan fingerprint density at radius 3 is 2.70 bits per heavy atom. The van der Waals surface area contributed by atoms with Gasteiger partial charge in [0.2, 0.25) is 5.91 Å². The molecule has 5 N–H and O–H groups in total. The van der Waals surface area contributed by atoms with Gasteiger partial charge in [0, 0.05) is 31.8 Å². The number of β-amino-alcohol motifs (C(OH)–C–C–N with tert-alkyl or cyclic N) is 1. The first-order chi connectivity index (χ1) is 10.8. The summed E-state index contributed by atoms with van der Waals surface area (Å²) in [4.78, 5) is 48.9. The minimum Gasteiger partial charge on any atom is -0.480 e. The van der Waals surface area contributed by atoms with Crippen LogP contribution < -0.4 is 17.0 Å². The molecule has 1 aromatic heterocycles. The van der Waals surface area contributed by atoms with E-state index in [-0.39, 0.29) is 31.8 Å². The van der Waals surface area contributed by atoms with E-state index in [1.54, 1.807) is 0 Å². The van der Waals surface area contributed by atoms with Crippen LogP contribution in [0.1, 0.15) is 18.9 Å². The highest BCUT2D eigenvalue weighted by molar-refractivity contribution is 5.78. The van der Waals surface area contributed by atoms with Gasteiger partial charge in [0.25, 0.3) is 5.56 Å². The predicted octanol–water partition coefficient (Wildman–Crippen LogP) is -2.53. The van der Waals surface area contributed by atoms with E-state index in [0.717, 1.165) is 6.07 Å². The van der Waals surface area contributed by atoms with E-state index in [1.165, 1.54) is 15.7 Å². The standard InChI is InChI=1S/C13H18N4O6/c14-7(12(21)22)1-2-11(20)16-5-8(9(18)6-16)17-4-3-10(19)15-13(17)23/h3-4,7-9,18H,1-2,5-6,14H2,(H,21,22)(H,15,19,23)/t7-,8-,9-/m1/s1. The molecule has 10 heteroatoms. The third-order valence-electron chi connectivity index (χ3n) is 3.81. The molecule has 0 saturated carbocycles. The third-order valence-corrected chi connectivity index (χ3v) is 3.81. The molecule has 10 nitrogen and oxygen atoms in total. The number of hydrogen-bond acceptors (Lipinski definition) is 6. The molecule has 3 atom stereocenters. The van der Waals surface area contributed by atoms with Crippen molar-refractivity contribution >= 4 is 11.9 Å². The Kier molecular flexibility index (Phi) is 4.96. The lowest BCUT2D eigenvalue weighted by Gasteiger charge is -2.17. The minimum atomic E-state index is -1.18. The fourth-order valence-electron chi connectivity index (χ4n) is 2.50. The van der Waals surface area contributed by atoms with Gasteiger partial charge in [-0.05, 0) is 6.42 Å². The maximum absolute atomic E-state index is 12.1. The summed E-state index contributed by atoms with van der Waals surface area (Å²) in [6.07, 6.45) is 0.233. The molecular weight excluding hydrogens is 308 g/mol. The largest absolute Gasteiger partial charge is 0.480 e. The number of aliphatic hydroxyl groups excluding tert-OH is 1. The number of H-pyrrole nitrogens is 1. The quantitative estimate of drug-likeness (QED) is 0.464. The summed E-state index contributed by atoms with van der Waals surface area (Å²) in [5.74, 6) is -1.53. The van der Waals surface area contributed by atoms with E-state index in [9.17, 15) is 24.3 Å². The number of aromatic amines is 1. The zero-order chi connectivity index (χ0) is 17.1. The molecule has 0 unspecified atom stereocenters. The van der Waals surface area contributed by atoms with Crippen molar-refractivity contribution in [3.8, 4) is 0 Å². The Bertz CT molecular complexity index is 711. The van der Waals surface area contributed by atoms with Crippen LogP contribution in [0.4, 0.5) is 0 Å². The van der Waals surface area contributed by atoms with E-state index >= 15 is 0 Å². The van der Waals surface area contributed by atoms with E-state index < -0.39 is 35.4 Å². The molecule has 0 bridgehead atoms. The van der Waals surface area contributed by atoms with Crippen molar-refractivity contribution in [1.82, 2.24) is 14.5 Å². The van der Waals surface area contributed by atoms with E-state index in [2.05, 4.69) is 4.98 Å². The van der Waals surface area contributed by atoms with E-state index in [0.29, 0.717) is 0 Å². The van der Waals surface area contributed by atoms with Crippen LogP contribution in [0.5, 0.6) is 0 Å². The van der Waals surface area contributed by atoms with E-state index in [4.69, 9.17) is 10.8 Å². The first-order valence-electron chi connectivity index (χ1n) is 7.05. The van der Waals surface area contributed by atoms with Crippen molar-refractivity contribution in [2.75, 3.05) is 13.1 Å². The van der Waals surface area contributed by atoms with Crippen LogP contribution in [0, 0.1) is 0 Å². The van der Waals surface area contributed by atoms with Gasteiger partial charge in [-0.3, -0.25) is 23.9 Å². The lowest BCUT2D eigenvalue weighted by Crippen LogP contribution is -2.36. The Morgan fingerprint density at radius 1 is 1.39 bits per heavy atom. The SMILES string of the molecule is N[C@H](CCC(=O)N1C[C@@H](O)[C@H](n2ccc(=O)[nH]c2=O)C1)C(=O)O.